The molecule has 2 atom stereocenters. The average Bonchev–Trinajstić information content (AvgIpc) is 3.05. The van der Waals surface area contributed by atoms with E-state index in [-0.39, 0.29) is 5.56 Å². The van der Waals surface area contributed by atoms with Gasteiger partial charge >= 0.3 is 0 Å². The number of aliphatic hydroxyl groups is 1. The Morgan fingerprint density at radius 2 is 1.55 bits per heavy atom. The third-order valence-electron chi connectivity index (χ3n) is 7.69. The van der Waals surface area contributed by atoms with Crippen molar-refractivity contribution in [1.29, 1.82) is 0 Å². The fourth-order valence-electron chi connectivity index (χ4n) is 5.15. The van der Waals surface area contributed by atoms with Gasteiger partial charge in [0.05, 0.1) is 0 Å². The van der Waals surface area contributed by atoms with Gasteiger partial charge in [0.2, 0.25) is 5.56 Å². The molecular formula is C40H54N2O2. The lowest BCUT2D eigenvalue weighted by atomic mass is 9.79. The van der Waals surface area contributed by atoms with Gasteiger partial charge in [0.1, 0.15) is 5.60 Å². The Kier molecular flexibility index (Phi) is 15.0. The molecule has 4 aromatic rings. The van der Waals surface area contributed by atoms with Crippen LogP contribution < -0.4 is 5.56 Å². The van der Waals surface area contributed by atoms with E-state index >= 15 is 0 Å². The molecule has 4 nitrogen and oxygen atoms in total. The molecule has 0 aliphatic heterocycles. The Balaban J connectivity index is 0.00000127. The lowest BCUT2D eigenvalue weighted by molar-refractivity contribution is 0.121. The Hall–Kier alpha value is -3.76. The summed E-state index contributed by atoms with van der Waals surface area (Å²) >= 11 is 0. The topological polar surface area (TPSA) is 65.5 Å². The average molecular weight is 595 g/mol. The SMILES string of the molecule is CC.CCC.CCCc1ccc(C(O)(/C(C)=C/N=CC(C)CC)c2ccc3[nH]c(=O)cc(-c4ccccc4)c3c2)cc1CC. The molecule has 44 heavy (non-hydrogen) atoms. The summed E-state index contributed by atoms with van der Waals surface area (Å²) in [7, 11) is 0. The first-order valence-corrected chi connectivity index (χ1v) is 16.5. The molecule has 0 bridgehead atoms. The Morgan fingerprint density at radius 1 is 0.909 bits per heavy atom. The van der Waals surface area contributed by atoms with Gasteiger partial charge in [-0.2, -0.15) is 0 Å². The van der Waals surface area contributed by atoms with Gasteiger partial charge in [-0.25, -0.2) is 0 Å². The molecule has 0 saturated heterocycles. The number of aromatic nitrogens is 1. The number of hydrogen-bond donors (Lipinski definition) is 2. The van der Waals surface area contributed by atoms with Gasteiger partial charge < -0.3 is 10.1 Å². The zero-order valence-corrected chi connectivity index (χ0v) is 28.5. The van der Waals surface area contributed by atoms with Crippen LogP contribution in [0.15, 0.2) is 94.4 Å². The Labute approximate surface area is 266 Å². The summed E-state index contributed by atoms with van der Waals surface area (Å²) in [6.45, 7) is 18.8. The van der Waals surface area contributed by atoms with E-state index in [1.807, 2.05) is 75.5 Å². The molecule has 0 radical (unpaired) electrons. The number of aliphatic imine (C=N–C) groups is 1. The quantitative estimate of drug-likeness (QED) is 0.179. The van der Waals surface area contributed by atoms with Gasteiger partial charge in [0, 0.05) is 29.4 Å². The molecule has 4 rings (SSSR count). The van der Waals surface area contributed by atoms with E-state index in [9.17, 15) is 9.90 Å². The highest BCUT2D eigenvalue weighted by Crippen LogP contribution is 2.40. The van der Waals surface area contributed by atoms with Gasteiger partial charge in [-0.15, -0.1) is 0 Å². The minimum absolute atomic E-state index is 0.154. The summed E-state index contributed by atoms with van der Waals surface area (Å²) in [5, 5.41) is 13.5. The second kappa shape index (κ2) is 18.1. The maximum Gasteiger partial charge on any atom is 0.249 e. The van der Waals surface area contributed by atoms with Crippen molar-refractivity contribution in [3.63, 3.8) is 0 Å². The number of nitrogens with zero attached hydrogens (tertiary/aromatic N) is 1. The van der Waals surface area contributed by atoms with Crippen molar-refractivity contribution in [2.24, 2.45) is 10.9 Å². The predicted octanol–water partition coefficient (Wildman–Crippen LogP) is 10.4. The van der Waals surface area contributed by atoms with Crippen molar-refractivity contribution >= 4 is 17.1 Å². The highest BCUT2D eigenvalue weighted by molar-refractivity contribution is 5.95. The van der Waals surface area contributed by atoms with E-state index < -0.39 is 5.60 Å². The number of aromatic amines is 1. The van der Waals surface area contributed by atoms with Gasteiger partial charge in [-0.05, 0) is 83.2 Å². The first-order valence-electron chi connectivity index (χ1n) is 16.5. The monoisotopic (exact) mass is 594 g/mol. The summed E-state index contributed by atoms with van der Waals surface area (Å²) in [6.07, 6.45) is 8.96. The van der Waals surface area contributed by atoms with Crippen LogP contribution in [0.4, 0.5) is 0 Å². The summed E-state index contributed by atoms with van der Waals surface area (Å²) < 4.78 is 0. The highest BCUT2D eigenvalue weighted by atomic mass is 16.3. The van der Waals surface area contributed by atoms with Gasteiger partial charge in [0.25, 0.3) is 0 Å². The number of fused-ring (bicyclic) bond motifs is 1. The van der Waals surface area contributed by atoms with Crippen LogP contribution in [0.1, 0.15) is 104 Å². The first kappa shape index (κ1) is 36.4. The standard InChI is InChI=1S/C35H40N2O2.C3H8.C2H6/c1-6-12-27-15-16-29(19-26(27)8-3)35(39,25(5)23-36-22-24(4)7-2)30-17-18-33-32(20-30)31(21-34(38)37-33)28-13-10-9-11-14-28;1-3-2;1-2/h9-11,13-24,39H,6-8,12H2,1-5H3,(H,37,38);3H2,1-2H3;1-2H3/b25-23+,36-22?;;. The van der Waals surface area contributed by atoms with Crippen LogP contribution in [-0.2, 0) is 18.4 Å². The molecule has 0 amide bonds. The number of rotatable bonds is 10. The van der Waals surface area contributed by atoms with Crippen LogP contribution in [0.3, 0.4) is 0 Å². The molecule has 3 aromatic carbocycles. The number of pyridine rings is 1. The zero-order valence-electron chi connectivity index (χ0n) is 28.5. The smallest absolute Gasteiger partial charge is 0.249 e. The summed E-state index contributed by atoms with van der Waals surface area (Å²) in [5.41, 5.74) is 5.82. The van der Waals surface area contributed by atoms with Crippen molar-refractivity contribution in [3.8, 4) is 11.1 Å². The van der Waals surface area contributed by atoms with Crippen LogP contribution in [0, 0.1) is 5.92 Å². The molecule has 0 aliphatic rings. The minimum Gasteiger partial charge on any atom is -0.376 e. The van der Waals surface area contributed by atoms with E-state index in [4.69, 9.17) is 0 Å². The summed E-state index contributed by atoms with van der Waals surface area (Å²) in [6, 6.07) is 23.7. The lowest BCUT2D eigenvalue weighted by Gasteiger charge is -2.31. The second-order valence-electron chi connectivity index (χ2n) is 11.2. The Bertz CT molecular complexity index is 1570. The summed E-state index contributed by atoms with van der Waals surface area (Å²) in [4.78, 5) is 20.1. The molecule has 1 heterocycles. The van der Waals surface area contributed by atoms with Crippen LogP contribution in [-0.4, -0.2) is 16.3 Å². The zero-order chi connectivity index (χ0) is 32.7. The molecule has 0 saturated carbocycles. The predicted molar refractivity (Wildman–Crippen MR) is 192 cm³/mol. The third kappa shape index (κ3) is 8.89. The molecule has 0 spiro atoms. The van der Waals surface area contributed by atoms with E-state index in [0.717, 1.165) is 64.4 Å². The maximum absolute atomic E-state index is 12.6. The van der Waals surface area contributed by atoms with Gasteiger partial charge in [0.15, 0.2) is 0 Å². The van der Waals surface area contributed by atoms with E-state index in [1.54, 1.807) is 12.3 Å². The number of benzene rings is 3. The molecule has 2 unspecified atom stereocenters. The molecule has 1 aromatic heterocycles. The Morgan fingerprint density at radius 3 is 2.16 bits per heavy atom. The summed E-state index contributed by atoms with van der Waals surface area (Å²) in [5.74, 6) is 0.355. The third-order valence-corrected chi connectivity index (χ3v) is 7.69. The lowest BCUT2D eigenvalue weighted by Crippen LogP contribution is -2.29. The van der Waals surface area contributed by atoms with Crippen LogP contribution in [0.25, 0.3) is 22.0 Å². The normalized spacial score (nSPS) is 13.5. The van der Waals surface area contributed by atoms with Crippen molar-refractivity contribution in [2.75, 3.05) is 0 Å². The molecular weight excluding hydrogens is 540 g/mol. The van der Waals surface area contributed by atoms with E-state index in [1.165, 1.54) is 17.5 Å². The number of aryl methyl sites for hydroxylation is 2. The van der Waals surface area contributed by atoms with Crippen molar-refractivity contribution in [3.05, 3.63) is 117 Å². The fourth-order valence-corrected chi connectivity index (χ4v) is 5.15. The largest absolute Gasteiger partial charge is 0.376 e. The molecule has 0 fully saturated rings. The minimum atomic E-state index is -1.40. The van der Waals surface area contributed by atoms with E-state index in [0.29, 0.717) is 5.92 Å². The van der Waals surface area contributed by atoms with Gasteiger partial charge in [-0.3, -0.25) is 9.79 Å². The van der Waals surface area contributed by atoms with E-state index in [2.05, 4.69) is 69.7 Å². The fraction of sp³-hybridized carbons (Fsp3) is 0.400. The highest BCUT2D eigenvalue weighted by Gasteiger charge is 2.34. The molecule has 4 heteroatoms. The van der Waals surface area contributed by atoms with Crippen LogP contribution in [0.5, 0.6) is 0 Å². The number of hydrogen-bond acceptors (Lipinski definition) is 3. The second-order valence-corrected chi connectivity index (χ2v) is 11.2. The van der Waals surface area contributed by atoms with Crippen molar-refractivity contribution < 1.29 is 5.11 Å². The number of H-pyrrole nitrogens is 1. The maximum atomic E-state index is 12.6. The number of nitrogens with one attached hydrogen (secondary N) is 1. The molecule has 236 valence electrons. The van der Waals surface area contributed by atoms with Crippen LogP contribution in [0.2, 0.25) is 0 Å². The molecule has 2 N–H and O–H groups in total. The first-order chi connectivity index (χ1) is 21.2. The van der Waals surface area contributed by atoms with Crippen molar-refractivity contribution in [2.45, 2.75) is 100 Å². The van der Waals surface area contributed by atoms with Crippen LogP contribution >= 0.6 is 0 Å². The molecule has 0 aliphatic carbocycles. The van der Waals surface area contributed by atoms with Crippen molar-refractivity contribution in [1.82, 2.24) is 4.98 Å². The van der Waals surface area contributed by atoms with Gasteiger partial charge in [-0.1, -0.05) is 123 Å².